The predicted octanol–water partition coefficient (Wildman–Crippen LogP) is 5.38. The molecular weight excluding hydrogens is 429 g/mol. The number of hydrogen-bond donors (Lipinski definition) is 0. The van der Waals surface area contributed by atoms with Gasteiger partial charge in [-0.3, -0.25) is 0 Å². The fourth-order valence-corrected chi connectivity index (χ4v) is 7.69. The summed E-state index contributed by atoms with van der Waals surface area (Å²) in [6.07, 6.45) is 11.7. The second-order valence-electron chi connectivity index (χ2n) is 8.81. The van der Waals surface area contributed by atoms with Crippen molar-refractivity contribution in [3.8, 4) is 0 Å². The average molecular weight is 459 g/mol. The average Bonchev–Trinajstić information content (AvgIpc) is 2.88. The molecule has 33 heavy (non-hydrogen) atoms. The van der Waals surface area contributed by atoms with Gasteiger partial charge in [0.25, 0.3) is 0 Å². The highest BCUT2D eigenvalue weighted by Crippen LogP contribution is 2.33. The Morgan fingerprint density at radius 2 is 1.36 bits per heavy atom. The molecule has 162 valence electrons. The van der Waals surface area contributed by atoms with Gasteiger partial charge in [-0.05, 0) is 51.4 Å². The Bertz CT molecular complexity index is 1300. The zero-order valence-corrected chi connectivity index (χ0v) is 21.9. The lowest BCUT2D eigenvalue weighted by Gasteiger charge is -2.22. The van der Waals surface area contributed by atoms with Crippen LogP contribution in [-0.4, -0.2) is 19.0 Å². The fraction of sp³-hybridized carbons (Fsp3) is 0.0968. The minimum Gasteiger partial charge on any atom is -0.104 e. The van der Waals surface area contributed by atoms with Crippen molar-refractivity contribution in [3.63, 3.8) is 0 Å². The monoisotopic (exact) mass is 458 g/mol. The molecule has 0 spiro atoms. The van der Waals surface area contributed by atoms with Gasteiger partial charge in [0.15, 0.2) is 0 Å². The molecule has 0 N–H and O–H groups in total. The molecule has 5 rings (SSSR count). The molecule has 1 aliphatic rings. The molecule has 0 aliphatic heterocycles. The fourth-order valence-electron chi connectivity index (χ4n) is 4.80. The molecule has 0 heterocycles. The molecule has 0 aromatic heterocycles. The van der Waals surface area contributed by atoms with E-state index in [0.717, 1.165) is 12.8 Å². The van der Waals surface area contributed by atoms with Gasteiger partial charge < -0.3 is 0 Å². The summed E-state index contributed by atoms with van der Waals surface area (Å²) in [5.41, 5.74) is 11.4. The third-order valence-corrected chi connectivity index (χ3v) is 10.0. The van der Waals surface area contributed by atoms with Crippen LogP contribution < -0.4 is 5.19 Å². The van der Waals surface area contributed by atoms with Crippen LogP contribution >= 0.6 is 0 Å². The minimum atomic E-state index is -0.438. The molecule has 4 aromatic rings. The van der Waals surface area contributed by atoms with E-state index in [9.17, 15) is 0 Å². The zero-order chi connectivity index (χ0) is 22.3. The Balaban J connectivity index is 1.31. The summed E-state index contributed by atoms with van der Waals surface area (Å²) in [6.45, 7) is 0. The maximum atomic E-state index is 2.50. The van der Waals surface area contributed by atoms with Gasteiger partial charge in [-0.1, -0.05) is 126 Å². The maximum absolute atomic E-state index is 2.50. The van der Waals surface area contributed by atoms with E-state index in [1.54, 1.807) is 10.8 Å². The van der Waals surface area contributed by atoms with Crippen molar-refractivity contribution in [2.75, 3.05) is 0 Å². The number of allylic oxidation sites excluding steroid dienone is 3. The quantitative estimate of drug-likeness (QED) is 0.311. The number of rotatable bonds is 8. The molecule has 0 amide bonds. The van der Waals surface area contributed by atoms with Crippen molar-refractivity contribution in [1.82, 2.24) is 0 Å². The van der Waals surface area contributed by atoms with E-state index in [1.165, 1.54) is 27.5 Å². The molecule has 0 saturated heterocycles. The van der Waals surface area contributed by atoms with E-state index < -0.39 is 9.52 Å². The molecular formula is C31H30Si2. The van der Waals surface area contributed by atoms with Crippen LogP contribution in [0.1, 0.15) is 27.8 Å². The summed E-state index contributed by atoms with van der Waals surface area (Å²) in [5.74, 6) is 0. The first kappa shape index (κ1) is 21.6. The largest absolute Gasteiger partial charge is 0.104 e. The van der Waals surface area contributed by atoms with Crippen LogP contribution in [0.4, 0.5) is 0 Å². The summed E-state index contributed by atoms with van der Waals surface area (Å²) in [4.78, 5) is 0. The standard InChI is InChI=1S/C31H30Si2/c1-3-10-24(11-4-1)14-8-22-32-29-20-18-26-16-7-17-27-30(21-19-28(29)31(26)27)33-23-9-15-25-12-5-2-6-13-25/h1-13,16-23,30H,14-15,32-33H2. The summed E-state index contributed by atoms with van der Waals surface area (Å²) in [5, 5.41) is 4.47. The number of hydrogen-bond acceptors (Lipinski definition) is 0. The molecule has 1 atom stereocenters. The molecule has 4 aromatic carbocycles. The lowest BCUT2D eigenvalue weighted by molar-refractivity contribution is 1.21. The first-order chi connectivity index (χ1) is 16.4. The molecule has 0 fully saturated rings. The van der Waals surface area contributed by atoms with Gasteiger partial charge in [-0.2, -0.15) is 0 Å². The Morgan fingerprint density at radius 3 is 2.09 bits per heavy atom. The van der Waals surface area contributed by atoms with Gasteiger partial charge in [-0.15, -0.1) is 5.70 Å². The molecule has 1 aliphatic carbocycles. The van der Waals surface area contributed by atoms with Crippen LogP contribution in [-0.2, 0) is 12.8 Å². The summed E-state index contributed by atoms with van der Waals surface area (Å²) in [7, 11) is -0.803. The number of benzene rings is 4. The zero-order valence-electron chi connectivity index (χ0n) is 19.0. The second kappa shape index (κ2) is 10.6. The first-order valence-electron chi connectivity index (χ1n) is 12.0. The van der Waals surface area contributed by atoms with Crippen molar-refractivity contribution < 1.29 is 0 Å². The molecule has 1 unspecified atom stereocenters. The van der Waals surface area contributed by atoms with Crippen molar-refractivity contribution >= 4 is 41.1 Å². The molecule has 0 bridgehead atoms. The van der Waals surface area contributed by atoms with Gasteiger partial charge in [0.2, 0.25) is 0 Å². The van der Waals surface area contributed by atoms with Crippen LogP contribution in [0.3, 0.4) is 0 Å². The molecule has 2 heteroatoms. The van der Waals surface area contributed by atoms with E-state index >= 15 is 0 Å². The van der Waals surface area contributed by atoms with Crippen molar-refractivity contribution in [3.05, 3.63) is 143 Å². The Morgan fingerprint density at radius 1 is 0.667 bits per heavy atom. The normalized spacial score (nSPS) is 15.8. The summed E-state index contributed by atoms with van der Waals surface area (Å²) < 4.78 is 0. The van der Waals surface area contributed by atoms with Crippen molar-refractivity contribution in [2.45, 2.75) is 18.4 Å². The molecule has 0 radical (unpaired) electrons. The summed E-state index contributed by atoms with van der Waals surface area (Å²) in [6, 6.07) is 33.1. The lowest BCUT2D eigenvalue weighted by Crippen LogP contribution is -2.19. The van der Waals surface area contributed by atoms with E-state index in [0.29, 0.717) is 5.54 Å². The lowest BCUT2D eigenvalue weighted by atomic mass is 9.93. The van der Waals surface area contributed by atoms with Gasteiger partial charge in [0.05, 0.1) is 19.0 Å². The van der Waals surface area contributed by atoms with Gasteiger partial charge >= 0.3 is 0 Å². The molecule has 0 saturated carbocycles. The third-order valence-electron chi connectivity index (χ3n) is 6.56. The SMILES string of the molecule is C(=C[SiH2]c1ccc2cccc3c2c1C=CC3[SiH2]C=CCc1ccccc1)Cc1ccccc1. The van der Waals surface area contributed by atoms with Crippen LogP contribution in [0, 0.1) is 0 Å². The maximum Gasteiger partial charge on any atom is 0.0787 e. The van der Waals surface area contributed by atoms with E-state index in [-0.39, 0.29) is 9.52 Å². The van der Waals surface area contributed by atoms with Crippen LogP contribution in [0.25, 0.3) is 16.8 Å². The molecule has 0 nitrogen and oxygen atoms in total. The van der Waals surface area contributed by atoms with Gasteiger partial charge in [0.1, 0.15) is 0 Å². The van der Waals surface area contributed by atoms with Crippen LogP contribution in [0.2, 0.25) is 0 Å². The van der Waals surface area contributed by atoms with Crippen molar-refractivity contribution in [1.29, 1.82) is 0 Å². The smallest absolute Gasteiger partial charge is 0.0787 e. The van der Waals surface area contributed by atoms with Gasteiger partial charge in [-0.25, -0.2) is 0 Å². The predicted molar refractivity (Wildman–Crippen MR) is 151 cm³/mol. The van der Waals surface area contributed by atoms with Crippen LogP contribution in [0.5, 0.6) is 0 Å². The third kappa shape index (κ3) is 5.24. The highest BCUT2D eigenvalue weighted by Gasteiger charge is 2.18. The Hall–Kier alpha value is -3.21. The summed E-state index contributed by atoms with van der Waals surface area (Å²) >= 11 is 0. The minimum absolute atomic E-state index is 0.364. The van der Waals surface area contributed by atoms with Crippen LogP contribution in [0.15, 0.2) is 121 Å². The van der Waals surface area contributed by atoms with Crippen molar-refractivity contribution in [2.24, 2.45) is 0 Å². The highest BCUT2D eigenvalue weighted by atomic mass is 28.2. The highest BCUT2D eigenvalue weighted by molar-refractivity contribution is 6.60. The van der Waals surface area contributed by atoms with E-state index in [1.807, 2.05) is 0 Å². The van der Waals surface area contributed by atoms with E-state index in [4.69, 9.17) is 0 Å². The Labute approximate surface area is 202 Å². The van der Waals surface area contributed by atoms with E-state index in [2.05, 4.69) is 127 Å². The topological polar surface area (TPSA) is 0 Å². The second-order valence-corrected chi connectivity index (χ2v) is 12.3. The Kier molecular flexibility index (Phi) is 6.95. The first-order valence-corrected chi connectivity index (χ1v) is 15.1. The van der Waals surface area contributed by atoms with Gasteiger partial charge in [0, 0.05) is 0 Å².